The number of nitrogens with zero attached hydrogens (tertiary/aromatic N) is 2. The fourth-order valence-electron chi connectivity index (χ4n) is 1.06. The monoisotopic (exact) mass is 184 g/mol. The molecular formula is C7H8N2O4. The second-order valence-electron chi connectivity index (χ2n) is 2.70. The summed E-state index contributed by atoms with van der Waals surface area (Å²) in [5.41, 5.74) is 0.175. The molecule has 1 fully saturated rings. The molecule has 1 atom stereocenters. The maximum atomic E-state index is 11.4. The molecule has 6 nitrogen and oxygen atoms in total. The molecule has 1 aromatic rings. The second-order valence-corrected chi connectivity index (χ2v) is 2.70. The number of aromatic nitrogens is 1. The van der Waals surface area contributed by atoms with Crippen molar-refractivity contribution in [2.24, 2.45) is 0 Å². The summed E-state index contributed by atoms with van der Waals surface area (Å²) < 4.78 is 4.51. The lowest BCUT2D eigenvalue weighted by molar-refractivity contribution is -0.0784. The van der Waals surface area contributed by atoms with Crippen LogP contribution >= 0.6 is 0 Å². The Kier molecular flexibility index (Phi) is 1.99. The molecule has 70 valence electrons. The topological polar surface area (TPSA) is 75.8 Å². The van der Waals surface area contributed by atoms with Crippen LogP contribution in [0.5, 0.6) is 0 Å². The van der Waals surface area contributed by atoms with Crippen molar-refractivity contribution in [3.63, 3.8) is 0 Å². The molecule has 0 bridgehead atoms. The molecule has 1 N–H and O–H groups in total. The molecule has 0 spiro atoms. The van der Waals surface area contributed by atoms with E-state index in [-0.39, 0.29) is 18.8 Å². The summed E-state index contributed by atoms with van der Waals surface area (Å²) in [5.74, 6) is -0.398. The summed E-state index contributed by atoms with van der Waals surface area (Å²) in [6, 6.07) is 1.44. The number of amides is 1. The molecule has 1 aliphatic heterocycles. The Morgan fingerprint density at radius 2 is 2.62 bits per heavy atom. The van der Waals surface area contributed by atoms with Crippen LogP contribution in [-0.4, -0.2) is 40.5 Å². The van der Waals surface area contributed by atoms with Crippen molar-refractivity contribution in [2.45, 2.75) is 6.10 Å². The zero-order valence-electron chi connectivity index (χ0n) is 6.71. The van der Waals surface area contributed by atoms with E-state index in [0.29, 0.717) is 0 Å². The predicted octanol–water partition coefficient (Wildman–Crippen LogP) is -0.577. The van der Waals surface area contributed by atoms with Crippen LogP contribution in [-0.2, 0) is 4.84 Å². The van der Waals surface area contributed by atoms with Crippen LogP contribution in [0.1, 0.15) is 10.5 Å². The van der Waals surface area contributed by atoms with E-state index >= 15 is 0 Å². The summed E-state index contributed by atoms with van der Waals surface area (Å²) in [6.07, 6.45) is 0.690. The van der Waals surface area contributed by atoms with Crippen molar-refractivity contribution in [3.8, 4) is 0 Å². The number of aliphatic hydroxyl groups is 1. The third-order valence-electron chi connectivity index (χ3n) is 1.68. The lowest BCUT2D eigenvalue weighted by Gasteiger charge is -2.10. The van der Waals surface area contributed by atoms with Crippen molar-refractivity contribution in [1.29, 1.82) is 0 Å². The number of rotatable bonds is 1. The minimum absolute atomic E-state index is 0.142. The Morgan fingerprint density at radius 1 is 1.77 bits per heavy atom. The highest BCUT2D eigenvalue weighted by Gasteiger charge is 2.28. The maximum absolute atomic E-state index is 11.4. The third kappa shape index (κ3) is 1.53. The van der Waals surface area contributed by atoms with Crippen molar-refractivity contribution >= 4 is 5.91 Å². The highest BCUT2D eigenvalue weighted by molar-refractivity contribution is 5.91. The molecule has 0 saturated carbocycles. The average Bonchev–Trinajstić information content (AvgIpc) is 2.72. The summed E-state index contributed by atoms with van der Waals surface area (Å²) in [6.45, 7) is 0.315. The van der Waals surface area contributed by atoms with E-state index in [0.717, 1.165) is 5.06 Å². The Hall–Kier alpha value is -1.40. The van der Waals surface area contributed by atoms with Crippen LogP contribution in [0.4, 0.5) is 0 Å². The van der Waals surface area contributed by atoms with Gasteiger partial charge in [0.15, 0.2) is 5.69 Å². The van der Waals surface area contributed by atoms with Crippen LogP contribution in [0.25, 0.3) is 0 Å². The first-order valence-electron chi connectivity index (χ1n) is 3.80. The summed E-state index contributed by atoms with van der Waals surface area (Å²) >= 11 is 0. The van der Waals surface area contributed by atoms with E-state index in [1.54, 1.807) is 0 Å². The van der Waals surface area contributed by atoms with E-state index in [2.05, 4.69) is 9.68 Å². The zero-order chi connectivity index (χ0) is 9.26. The number of carbonyl (C=O) groups is 1. The van der Waals surface area contributed by atoms with Crippen LogP contribution in [0, 0.1) is 0 Å². The number of hydrogen-bond donors (Lipinski definition) is 1. The molecule has 1 aromatic heterocycles. The quantitative estimate of drug-likeness (QED) is 0.632. The van der Waals surface area contributed by atoms with Gasteiger partial charge < -0.3 is 9.63 Å². The van der Waals surface area contributed by atoms with Gasteiger partial charge in [0.1, 0.15) is 19.0 Å². The molecule has 2 rings (SSSR count). The van der Waals surface area contributed by atoms with Gasteiger partial charge in [0.05, 0.1) is 6.54 Å². The molecule has 1 amide bonds. The van der Waals surface area contributed by atoms with Gasteiger partial charge in [-0.15, -0.1) is 0 Å². The highest BCUT2D eigenvalue weighted by atomic mass is 16.7. The SMILES string of the molecule is O=C(c1ccon1)N1CC(O)CO1. The van der Waals surface area contributed by atoms with Crippen LogP contribution in [0.2, 0.25) is 0 Å². The number of carbonyl (C=O) groups excluding carboxylic acids is 1. The minimum atomic E-state index is -0.615. The molecule has 2 heterocycles. The van der Waals surface area contributed by atoms with Gasteiger partial charge in [-0.25, -0.2) is 5.06 Å². The normalized spacial score (nSPS) is 22.2. The molecular weight excluding hydrogens is 176 g/mol. The fraction of sp³-hybridized carbons (Fsp3) is 0.429. The van der Waals surface area contributed by atoms with Crippen LogP contribution in [0.3, 0.4) is 0 Å². The molecule has 0 radical (unpaired) electrons. The van der Waals surface area contributed by atoms with E-state index in [1.807, 2.05) is 0 Å². The van der Waals surface area contributed by atoms with Crippen molar-refractivity contribution < 1.29 is 19.3 Å². The van der Waals surface area contributed by atoms with Gasteiger partial charge in [-0.05, 0) is 0 Å². The van der Waals surface area contributed by atoms with Gasteiger partial charge in [0.25, 0.3) is 5.91 Å². The van der Waals surface area contributed by atoms with Crippen molar-refractivity contribution in [2.75, 3.05) is 13.2 Å². The molecule has 1 aliphatic rings. The molecule has 1 saturated heterocycles. The molecule has 0 aromatic carbocycles. The fourth-order valence-corrected chi connectivity index (χ4v) is 1.06. The minimum Gasteiger partial charge on any atom is -0.389 e. The number of hydrogen-bond acceptors (Lipinski definition) is 5. The first-order chi connectivity index (χ1) is 6.27. The molecule has 13 heavy (non-hydrogen) atoms. The highest BCUT2D eigenvalue weighted by Crippen LogP contribution is 2.09. The number of aliphatic hydroxyl groups excluding tert-OH is 1. The standard InChI is InChI=1S/C7H8N2O4/c10-5-3-9(13-4-5)7(11)6-1-2-12-8-6/h1-2,5,10H,3-4H2. The molecule has 1 unspecified atom stereocenters. The third-order valence-corrected chi connectivity index (χ3v) is 1.68. The van der Waals surface area contributed by atoms with E-state index in [9.17, 15) is 4.79 Å². The van der Waals surface area contributed by atoms with Crippen LogP contribution < -0.4 is 0 Å². The first kappa shape index (κ1) is 8.21. The lowest BCUT2D eigenvalue weighted by Crippen LogP contribution is -2.28. The van der Waals surface area contributed by atoms with Gasteiger partial charge in [0.2, 0.25) is 0 Å². The second kappa shape index (κ2) is 3.15. The van der Waals surface area contributed by atoms with E-state index < -0.39 is 12.0 Å². The maximum Gasteiger partial charge on any atom is 0.299 e. The summed E-state index contributed by atoms with van der Waals surface area (Å²) in [4.78, 5) is 16.3. The number of hydroxylamine groups is 2. The summed E-state index contributed by atoms with van der Waals surface area (Å²) in [7, 11) is 0. The Bertz CT molecular complexity index is 297. The average molecular weight is 184 g/mol. The van der Waals surface area contributed by atoms with E-state index in [1.165, 1.54) is 12.3 Å². The predicted molar refractivity (Wildman–Crippen MR) is 39.5 cm³/mol. The smallest absolute Gasteiger partial charge is 0.299 e. The van der Waals surface area contributed by atoms with Gasteiger partial charge in [-0.1, -0.05) is 5.16 Å². The summed E-state index contributed by atoms with van der Waals surface area (Å²) in [5, 5.41) is 13.6. The van der Waals surface area contributed by atoms with E-state index in [4.69, 9.17) is 9.94 Å². The Balaban J connectivity index is 2.06. The van der Waals surface area contributed by atoms with Crippen molar-refractivity contribution in [3.05, 3.63) is 18.0 Å². The van der Waals surface area contributed by atoms with Gasteiger partial charge in [0, 0.05) is 6.07 Å². The van der Waals surface area contributed by atoms with Gasteiger partial charge in [-0.3, -0.25) is 9.63 Å². The first-order valence-corrected chi connectivity index (χ1v) is 3.80. The lowest BCUT2D eigenvalue weighted by atomic mass is 10.3. The molecule has 0 aliphatic carbocycles. The zero-order valence-corrected chi connectivity index (χ0v) is 6.71. The van der Waals surface area contributed by atoms with Gasteiger partial charge >= 0.3 is 0 Å². The van der Waals surface area contributed by atoms with Crippen molar-refractivity contribution in [1.82, 2.24) is 10.2 Å². The Morgan fingerprint density at radius 3 is 3.15 bits per heavy atom. The molecule has 6 heteroatoms. The largest absolute Gasteiger partial charge is 0.389 e. The Labute approximate surface area is 73.6 Å². The number of β-amino-alcohol motifs (C(OH)–C–C–N with tert-alkyl or cyclic N) is 1. The van der Waals surface area contributed by atoms with Gasteiger partial charge in [-0.2, -0.15) is 0 Å². The van der Waals surface area contributed by atoms with Crippen LogP contribution in [0.15, 0.2) is 16.9 Å².